The molecule has 0 radical (unpaired) electrons. The molecule has 1 atom stereocenters. The Hall–Kier alpha value is -2.11. The molecular weight excluding hydrogens is 274 g/mol. The van der Waals surface area contributed by atoms with Crippen molar-refractivity contribution in [2.45, 2.75) is 39.7 Å². The summed E-state index contributed by atoms with van der Waals surface area (Å²) in [5, 5.41) is 0. The molecule has 0 saturated heterocycles. The van der Waals surface area contributed by atoms with Gasteiger partial charge >= 0.3 is 12.1 Å². The van der Waals surface area contributed by atoms with E-state index in [2.05, 4.69) is 4.74 Å². The number of ketones is 1. The first kappa shape index (κ1) is 15.3. The highest BCUT2D eigenvalue weighted by molar-refractivity contribution is 6.06. The number of esters is 1. The first-order chi connectivity index (χ1) is 9.65. The Morgan fingerprint density at radius 3 is 2.48 bits per heavy atom. The first-order valence-electron chi connectivity index (χ1n) is 6.76. The number of methoxy groups -OCH3 is 1. The van der Waals surface area contributed by atoms with Gasteiger partial charge in [0.05, 0.1) is 7.11 Å². The third kappa shape index (κ3) is 2.70. The smallest absolute Gasteiger partial charge is 0.419 e. The predicted octanol–water partition coefficient (Wildman–Crippen LogP) is 2.43. The van der Waals surface area contributed by atoms with Gasteiger partial charge in [0.15, 0.2) is 5.78 Å². The van der Waals surface area contributed by atoms with Crippen molar-refractivity contribution < 1.29 is 23.9 Å². The zero-order valence-corrected chi connectivity index (χ0v) is 12.9. The Kier molecular flexibility index (Phi) is 3.65. The summed E-state index contributed by atoms with van der Waals surface area (Å²) >= 11 is 0. The van der Waals surface area contributed by atoms with Crippen LogP contribution in [-0.2, 0) is 15.9 Å². The number of carbonyl (C=O) groups is 3. The summed E-state index contributed by atoms with van der Waals surface area (Å²) < 4.78 is 11.2. The quantitative estimate of drug-likeness (QED) is 0.743. The van der Waals surface area contributed by atoms with Crippen molar-refractivity contribution >= 4 is 17.8 Å². The van der Waals surface area contributed by atoms with E-state index in [1.165, 1.54) is 13.2 Å². The molecule has 0 N–H and O–H groups in total. The van der Waals surface area contributed by atoms with Crippen LogP contribution in [0.1, 0.15) is 54.2 Å². The Morgan fingerprint density at radius 1 is 1.33 bits per heavy atom. The summed E-state index contributed by atoms with van der Waals surface area (Å²) in [5.74, 6) is -0.941. The van der Waals surface area contributed by atoms with E-state index >= 15 is 0 Å². The molecule has 1 unspecified atom stereocenters. The molecule has 6 nitrogen and oxygen atoms in total. The average Bonchev–Trinajstić information content (AvgIpc) is 2.85. The average molecular weight is 293 g/mol. The number of fused-ring (bicyclic) bond motifs is 1. The highest BCUT2D eigenvalue weighted by Gasteiger charge is 2.36. The largest absolute Gasteiger partial charge is 0.464 e. The molecule has 6 heteroatoms. The number of carbonyl (C=O) groups excluding carboxylic acids is 3. The first-order valence-corrected chi connectivity index (χ1v) is 6.76. The third-order valence-electron chi connectivity index (χ3n) is 3.29. The highest BCUT2D eigenvalue weighted by atomic mass is 16.6. The van der Waals surface area contributed by atoms with E-state index in [1.54, 1.807) is 27.7 Å². The van der Waals surface area contributed by atoms with Crippen LogP contribution in [0, 0.1) is 5.92 Å². The van der Waals surface area contributed by atoms with Crippen molar-refractivity contribution in [1.82, 2.24) is 4.57 Å². The number of rotatable bonds is 1. The summed E-state index contributed by atoms with van der Waals surface area (Å²) in [5.41, 5.74) is 0.239. The van der Waals surface area contributed by atoms with Gasteiger partial charge < -0.3 is 9.47 Å². The summed E-state index contributed by atoms with van der Waals surface area (Å²) in [4.78, 5) is 36.3. The van der Waals surface area contributed by atoms with Crippen molar-refractivity contribution in [3.8, 4) is 0 Å². The molecule has 0 bridgehead atoms. The number of hydrogen-bond acceptors (Lipinski definition) is 5. The van der Waals surface area contributed by atoms with Crippen molar-refractivity contribution in [2.24, 2.45) is 5.92 Å². The second kappa shape index (κ2) is 5.02. The maximum atomic E-state index is 12.4. The molecule has 1 aromatic heterocycles. The molecule has 114 valence electrons. The molecule has 2 rings (SSSR count). The van der Waals surface area contributed by atoms with Gasteiger partial charge in [0.1, 0.15) is 11.3 Å². The summed E-state index contributed by atoms with van der Waals surface area (Å²) in [6.45, 7) is 7.00. The Bertz CT molecular complexity index is 621. The van der Waals surface area contributed by atoms with Gasteiger partial charge in [-0.2, -0.15) is 0 Å². The zero-order chi connectivity index (χ0) is 15.9. The van der Waals surface area contributed by atoms with Gasteiger partial charge in [-0.3, -0.25) is 4.79 Å². The van der Waals surface area contributed by atoms with Gasteiger partial charge in [-0.15, -0.1) is 0 Å². The van der Waals surface area contributed by atoms with E-state index in [-0.39, 0.29) is 17.4 Å². The van der Waals surface area contributed by atoms with Crippen molar-refractivity contribution in [3.05, 3.63) is 23.0 Å². The second-order valence-electron chi connectivity index (χ2n) is 6.17. The standard InChI is InChI=1S/C15H19NO5/c1-8-6-10-9(12(8)17)7-11(13(18)20-5)16(10)14(19)21-15(2,3)4/h7-8H,6H2,1-5H3. The van der Waals surface area contributed by atoms with Crippen molar-refractivity contribution in [2.75, 3.05) is 7.11 Å². The number of ether oxygens (including phenoxy) is 2. The fraction of sp³-hybridized carbons (Fsp3) is 0.533. The molecule has 21 heavy (non-hydrogen) atoms. The van der Waals surface area contributed by atoms with E-state index in [1.807, 2.05) is 0 Å². The number of hydrogen-bond donors (Lipinski definition) is 0. The van der Waals surface area contributed by atoms with E-state index in [4.69, 9.17) is 4.74 Å². The van der Waals surface area contributed by atoms with Crippen LogP contribution in [0.15, 0.2) is 6.07 Å². The lowest BCUT2D eigenvalue weighted by atomic mass is 10.1. The number of Topliss-reactive ketones (excluding diaryl/α,β-unsaturated/α-hetero) is 1. The fourth-order valence-electron chi connectivity index (χ4n) is 2.38. The van der Waals surface area contributed by atoms with Gasteiger partial charge in [-0.25, -0.2) is 14.2 Å². The van der Waals surface area contributed by atoms with Crippen LogP contribution in [0.5, 0.6) is 0 Å². The van der Waals surface area contributed by atoms with Crippen LogP contribution in [0.2, 0.25) is 0 Å². The van der Waals surface area contributed by atoms with E-state index in [9.17, 15) is 14.4 Å². The second-order valence-corrected chi connectivity index (χ2v) is 6.17. The lowest BCUT2D eigenvalue weighted by Crippen LogP contribution is -2.30. The van der Waals surface area contributed by atoms with Crippen LogP contribution in [0.25, 0.3) is 0 Å². The highest BCUT2D eigenvalue weighted by Crippen LogP contribution is 2.30. The summed E-state index contributed by atoms with van der Waals surface area (Å²) in [6, 6.07) is 1.41. The van der Waals surface area contributed by atoms with Crippen LogP contribution in [-0.4, -0.2) is 35.1 Å². The van der Waals surface area contributed by atoms with Gasteiger partial charge in [-0.05, 0) is 33.3 Å². The van der Waals surface area contributed by atoms with Gasteiger partial charge in [0.2, 0.25) is 0 Å². The van der Waals surface area contributed by atoms with Crippen molar-refractivity contribution in [3.63, 3.8) is 0 Å². The summed E-state index contributed by atoms with van der Waals surface area (Å²) in [7, 11) is 1.23. The van der Waals surface area contributed by atoms with Crippen LogP contribution in [0.4, 0.5) is 4.79 Å². The maximum absolute atomic E-state index is 12.4. The molecule has 1 aromatic rings. The SMILES string of the molecule is COC(=O)c1cc2c(n1C(=O)OC(C)(C)C)CC(C)C2=O. The normalized spacial score (nSPS) is 17.6. The van der Waals surface area contributed by atoms with Crippen molar-refractivity contribution in [1.29, 1.82) is 0 Å². The molecule has 0 saturated carbocycles. The van der Waals surface area contributed by atoms with Crippen LogP contribution < -0.4 is 0 Å². The summed E-state index contributed by atoms with van der Waals surface area (Å²) in [6.07, 6.45) is -0.268. The lowest BCUT2D eigenvalue weighted by Gasteiger charge is -2.21. The maximum Gasteiger partial charge on any atom is 0.419 e. The molecule has 1 heterocycles. The topological polar surface area (TPSA) is 74.6 Å². The molecule has 0 fully saturated rings. The van der Waals surface area contributed by atoms with E-state index in [0.717, 1.165) is 4.57 Å². The minimum Gasteiger partial charge on any atom is -0.464 e. The lowest BCUT2D eigenvalue weighted by molar-refractivity contribution is 0.0479. The predicted molar refractivity (Wildman–Crippen MR) is 74.6 cm³/mol. The number of nitrogens with zero attached hydrogens (tertiary/aromatic N) is 1. The molecular formula is C15H19NO5. The number of aromatic nitrogens is 1. The Morgan fingerprint density at radius 2 is 1.95 bits per heavy atom. The Labute approximate surface area is 123 Å². The van der Waals surface area contributed by atoms with Gasteiger partial charge in [0.25, 0.3) is 0 Å². The van der Waals surface area contributed by atoms with Crippen LogP contribution in [0.3, 0.4) is 0 Å². The van der Waals surface area contributed by atoms with Crippen LogP contribution >= 0.6 is 0 Å². The van der Waals surface area contributed by atoms with E-state index in [0.29, 0.717) is 17.7 Å². The monoisotopic (exact) mass is 293 g/mol. The minimum atomic E-state index is -0.699. The molecule has 1 aliphatic carbocycles. The van der Waals surface area contributed by atoms with Gasteiger partial charge in [-0.1, -0.05) is 6.92 Å². The van der Waals surface area contributed by atoms with E-state index < -0.39 is 17.7 Å². The molecule has 0 aromatic carbocycles. The fourth-order valence-corrected chi connectivity index (χ4v) is 2.38. The Balaban J connectivity index is 2.53. The molecule has 0 spiro atoms. The zero-order valence-electron chi connectivity index (χ0n) is 12.9. The van der Waals surface area contributed by atoms with Gasteiger partial charge in [0, 0.05) is 17.2 Å². The minimum absolute atomic E-state index is 0.0250. The molecule has 1 aliphatic rings. The molecule has 0 amide bonds. The third-order valence-corrected chi connectivity index (χ3v) is 3.29. The molecule has 0 aliphatic heterocycles.